The Morgan fingerprint density at radius 2 is 1.86 bits per heavy atom. The minimum Gasteiger partial charge on any atom is -0.510 e. The van der Waals surface area contributed by atoms with Gasteiger partial charge in [-0.05, 0) is 37.3 Å². The maximum atomic E-state index is 14.6. The number of halogens is 7. The molecule has 0 aliphatic carbocycles. The third kappa shape index (κ3) is 5.58. The smallest absolute Gasteiger partial charge is 0.418 e. The molecule has 1 aliphatic heterocycles. The Bertz CT molecular complexity index is 1770. The molecule has 226 valence electrons. The molecule has 0 fully saturated rings. The van der Waals surface area contributed by atoms with E-state index in [4.69, 9.17) is 32.7 Å². The predicted octanol–water partition coefficient (Wildman–Crippen LogP) is 6.43. The summed E-state index contributed by atoms with van der Waals surface area (Å²) in [6.45, 7) is 4.89. The number of aliphatic hydroxyl groups excluding tert-OH is 2. The lowest BCUT2D eigenvalue weighted by Gasteiger charge is -2.35. The molecular formula is C27H20Cl2F5N5O4. The van der Waals surface area contributed by atoms with Crippen LogP contribution in [0.4, 0.5) is 22.0 Å². The van der Waals surface area contributed by atoms with E-state index in [0.29, 0.717) is 0 Å². The maximum Gasteiger partial charge on any atom is 0.418 e. The van der Waals surface area contributed by atoms with Gasteiger partial charge >= 0.3 is 6.18 Å². The Balaban J connectivity index is 1.67. The van der Waals surface area contributed by atoms with E-state index >= 15 is 0 Å². The van der Waals surface area contributed by atoms with E-state index in [1.165, 1.54) is 26.4 Å². The fraction of sp³-hybridized carbons (Fsp3) is 0.222. The van der Waals surface area contributed by atoms with Crippen LogP contribution in [0.25, 0.3) is 22.5 Å². The molecule has 0 saturated heterocycles. The number of aliphatic hydroxyl groups is 2. The van der Waals surface area contributed by atoms with Crippen molar-refractivity contribution in [2.75, 3.05) is 7.11 Å². The summed E-state index contributed by atoms with van der Waals surface area (Å²) in [5.41, 5.74) is -1.91. The number of aromatic nitrogens is 5. The van der Waals surface area contributed by atoms with Crippen LogP contribution in [0.5, 0.6) is 0 Å². The topological polar surface area (TPSA) is 107 Å². The van der Waals surface area contributed by atoms with Gasteiger partial charge < -0.3 is 19.7 Å². The lowest BCUT2D eigenvalue weighted by Crippen LogP contribution is -2.39. The second-order valence-electron chi connectivity index (χ2n) is 9.33. The second kappa shape index (κ2) is 11.3. The van der Waals surface area contributed by atoms with Crippen molar-refractivity contribution in [2.24, 2.45) is 0 Å². The first-order valence-electron chi connectivity index (χ1n) is 12.2. The molecule has 1 aliphatic rings. The van der Waals surface area contributed by atoms with Crippen LogP contribution in [0.15, 0.2) is 60.8 Å². The first-order chi connectivity index (χ1) is 20.2. The van der Waals surface area contributed by atoms with Crippen molar-refractivity contribution in [2.45, 2.75) is 31.4 Å². The van der Waals surface area contributed by atoms with E-state index in [2.05, 4.69) is 21.8 Å². The van der Waals surface area contributed by atoms with Crippen LogP contribution in [0.3, 0.4) is 0 Å². The Labute approximate surface area is 250 Å². The first kappa shape index (κ1) is 30.5. The van der Waals surface area contributed by atoms with E-state index in [9.17, 15) is 32.2 Å². The SMILES string of the molecule is C=C(O)C1O[C@@H](c2nc(C)nn2-c2cc(Cl)ccc2C(F)(F)F)C(O)C(n2cc(-c3cc(F)c(Cl)cc3F)cn2)=C1OC. The van der Waals surface area contributed by atoms with Gasteiger partial charge in [0, 0.05) is 22.3 Å². The molecular weight excluding hydrogens is 624 g/mol. The molecule has 16 heteroatoms. The van der Waals surface area contributed by atoms with Gasteiger partial charge in [-0.1, -0.05) is 29.8 Å². The molecule has 0 bridgehead atoms. The number of alkyl halides is 3. The molecule has 3 heterocycles. The highest BCUT2D eigenvalue weighted by atomic mass is 35.5. The number of methoxy groups -OCH3 is 1. The van der Waals surface area contributed by atoms with Gasteiger partial charge in [0.25, 0.3) is 0 Å². The Kier molecular flexibility index (Phi) is 7.98. The summed E-state index contributed by atoms with van der Waals surface area (Å²) in [6.07, 6.45) is -7.26. The van der Waals surface area contributed by atoms with Crippen LogP contribution >= 0.6 is 23.2 Å². The van der Waals surface area contributed by atoms with E-state index in [1.807, 2.05) is 0 Å². The number of nitrogens with zero attached hydrogens (tertiary/aromatic N) is 5. The monoisotopic (exact) mass is 643 g/mol. The van der Waals surface area contributed by atoms with Crippen LogP contribution in [0, 0.1) is 18.6 Å². The van der Waals surface area contributed by atoms with Gasteiger partial charge in [-0.2, -0.15) is 23.4 Å². The fourth-order valence-electron chi connectivity index (χ4n) is 4.65. The zero-order chi connectivity index (χ0) is 31.4. The Hall–Kier alpha value is -3.98. The van der Waals surface area contributed by atoms with Gasteiger partial charge in [-0.15, -0.1) is 0 Å². The summed E-state index contributed by atoms with van der Waals surface area (Å²) in [5, 5.41) is 29.8. The van der Waals surface area contributed by atoms with Crippen molar-refractivity contribution < 1.29 is 41.6 Å². The minimum atomic E-state index is -4.82. The van der Waals surface area contributed by atoms with Crippen molar-refractivity contribution >= 4 is 28.9 Å². The van der Waals surface area contributed by atoms with E-state index < -0.39 is 58.2 Å². The number of aryl methyl sites for hydroxylation is 1. The van der Waals surface area contributed by atoms with Crippen LogP contribution in [0.2, 0.25) is 10.0 Å². The molecule has 0 saturated carbocycles. The van der Waals surface area contributed by atoms with Gasteiger partial charge in [0.1, 0.15) is 35.0 Å². The van der Waals surface area contributed by atoms with Crippen LogP contribution in [0.1, 0.15) is 23.3 Å². The van der Waals surface area contributed by atoms with E-state index in [-0.39, 0.29) is 39.3 Å². The van der Waals surface area contributed by atoms with Gasteiger partial charge in [-0.25, -0.2) is 23.1 Å². The van der Waals surface area contributed by atoms with E-state index in [0.717, 1.165) is 39.7 Å². The van der Waals surface area contributed by atoms with Gasteiger partial charge in [0.05, 0.1) is 29.6 Å². The lowest BCUT2D eigenvalue weighted by atomic mass is 10.0. The molecule has 2 aromatic heterocycles. The first-order valence-corrected chi connectivity index (χ1v) is 13.0. The van der Waals surface area contributed by atoms with Crippen LogP contribution < -0.4 is 0 Å². The number of ether oxygens (including phenoxy) is 2. The molecule has 3 atom stereocenters. The summed E-state index contributed by atoms with van der Waals surface area (Å²) in [6, 6.07) is 4.50. The van der Waals surface area contributed by atoms with Crippen molar-refractivity contribution in [3.8, 4) is 16.8 Å². The lowest BCUT2D eigenvalue weighted by molar-refractivity contribution is -0.137. The highest BCUT2D eigenvalue weighted by Crippen LogP contribution is 2.42. The van der Waals surface area contributed by atoms with Crippen molar-refractivity contribution in [3.05, 3.63) is 99.7 Å². The normalized spacial score (nSPS) is 19.2. The molecule has 0 amide bonds. The molecule has 43 heavy (non-hydrogen) atoms. The Morgan fingerprint density at radius 3 is 2.51 bits per heavy atom. The van der Waals surface area contributed by atoms with Crippen LogP contribution in [-0.4, -0.2) is 54.1 Å². The Morgan fingerprint density at radius 1 is 1.14 bits per heavy atom. The summed E-state index contributed by atoms with van der Waals surface area (Å²) >= 11 is 11.7. The average molecular weight is 644 g/mol. The molecule has 4 aromatic rings. The molecule has 9 nitrogen and oxygen atoms in total. The number of hydrogen-bond acceptors (Lipinski definition) is 7. The van der Waals surface area contributed by atoms with Crippen molar-refractivity contribution in [3.63, 3.8) is 0 Å². The minimum absolute atomic E-state index is 0.0166. The summed E-state index contributed by atoms with van der Waals surface area (Å²) in [4.78, 5) is 4.22. The zero-order valence-corrected chi connectivity index (χ0v) is 23.6. The molecule has 0 spiro atoms. The molecule has 5 rings (SSSR count). The highest BCUT2D eigenvalue weighted by molar-refractivity contribution is 6.31. The maximum absolute atomic E-state index is 14.6. The second-order valence-corrected chi connectivity index (χ2v) is 10.2. The standard InChI is InChI=1S/C27H20Cl2F5N5O4/c1-11(40)23-24(42-3)21(38-10-13(9-35-38)15-7-19(31)17(29)8-18(15)30)22(41)25(43-23)26-36-12(2)37-39(26)20-6-14(28)4-5-16(20)27(32,33)34/h4-10,22-23,25,40-41H,1H2,2-3H3/t22?,23?,25-/m1/s1. The largest absolute Gasteiger partial charge is 0.510 e. The highest BCUT2D eigenvalue weighted by Gasteiger charge is 2.45. The molecule has 0 radical (unpaired) electrons. The van der Waals surface area contributed by atoms with Gasteiger partial charge in [-0.3, -0.25) is 0 Å². The summed E-state index contributed by atoms with van der Waals surface area (Å²) < 4.78 is 83.9. The third-order valence-corrected chi connectivity index (χ3v) is 7.02. The number of benzene rings is 2. The number of rotatable bonds is 6. The third-order valence-electron chi connectivity index (χ3n) is 6.50. The van der Waals surface area contributed by atoms with E-state index in [1.54, 1.807) is 0 Å². The fourth-order valence-corrected chi connectivity index (χ4v) is 4.96. The average Bonchev–Trinajstić information content (AvgIpc) is 3.56. The summed E-state index contributed by atoms with van der Waals surface area (Å²) in [7, 11) is 1.20. The zero-order valence-electron chi connectivity index (χ0n) is 22.1. The molecule has 2 N–H and O–H groups in total. The predicted molar refractivity (Wildman–Crippen MR) is 144 cm³/mol. The van der Waals surface area contributed by atoms with Gasteiger partial charge in [0.15, 0.2) is 23.8 Å². The van der Waals surface area contributed by atoms with Crippen molar-refractivity contribution in [1.29, 1.82) is 0 Å². The van der Waals surface area contributed by atoms with Gasteiger partial charge in [0.2, 0.25) is 0 Å². The molecule has 2 aromatic carbocycles. The van der Waals surface area contributed by atoms with Crippen molar-refractivity contribution in [1.82, 2.24) is 24.5 Å². The quantitative estimate of drug-likeness (QED) is 0.142. The van der Waals surface area contributed by atoms with Crippen LogP contribution in [-0.2, 0) is 15.7 Å². The summed E-state index contributed by atoms with van der Waals surface area (Å²) in [5.74, 6) is -2.80. The molecule has 2 unspecified atom stereocenters. The number of hydrogen-bond donors (Lipinski definition) is 2.